The molecule has 0 aliphatic carbocycles. The van der Waals surface area contributed by atoms with Gasteiger partial charge in [-0.05, 0) is 24.5 Å². The number of rotatable bonds is 3. The number of anilines is 1. The van der Waals surface area contributed by atoms with E-state index in [2.05, 4.69) is 17.2 Å². The Balaban J connectivity index is 2.94. The van der Waals surface area contributed by atoms with Crippen molar-refractivity contribution in [3.8, 4) is 11.8 Å². The lowest BCUT2D eigenvalue weighted by Gasteiger charge is -2.07. The second-order valence-corrected chi connectivity index (χ2v) is 4.43. The first-order valence-electron chi connectivity index (χ1n) is 4.85. The van der Waals surface area contributed by atoms with E-state index in [0.717, 1.165) is 0 Å². The lowest BCUT2D eigenvalue weighted by Crippen LogP contribution is -2.14. The van der Waals surface area contributed by atoms with E-state index in [9.17, 15) is 4.79 Å². The van der Waals surface area contributed by atoms with Crippen molar-refractivity contribution in [3.05, 3.63) is 28.8 Å². The fourth-order valence-corrected chi connectivity index (χ4v) is 1.69. The van der Waals surface area contributed by atoms with Gasteiger partial charge in [-0.15, -0.1) is 0 Å². The van der Waals surface area contributed by atoms with Crippen LogP contribution in [-0.4, -0.2) is 29.6 Å². The van der Waals surface area contributed by atoms with Crippen LogP contribution in [0.15, 0.2) is 18.2 Å². The average molecular weight is 270 g/mol. The van der Waals surface area contributed by atoms with Crippen molar-refractivity contribution in [3.63, 3.8) is 0 Å². The van der Waals surface area contributed by atoms with Gasteiger partial charge in [0.15, 0.2) is 0 Å². The van der Waals surface area contributed by atoms with Gasteiger partial charge in [0, 0.05) is 10.6 Å². The Morgan fingerprint density at radius 3 is 3.00 bits per heavy atom. The molecule has 0 aliphatic heterocycles. The van der Waals surface area contributed by atoms with Crippen LogP contribution in [0, 0.1) is 11.8 Å². The van der Waals surface area contributed by atoms with Gasteiger partial charge in [-0.1, -0.05) is 23.4 Å². The van der Waals surface area contributed by atoms with Crippen LogP contribution in [0.2, 0.25) is 5.02 Å². The first-order chi connectivity index (χ1) is 8.17. The summed E-state index contributed by atoms with van der Waals surface area (Å²) in [7, 11) is 0. The van der Waals surface area contributed by atoms with Crippen molar-refractivity contribution in [1.82, 2.24) is 0 Å². The van der Waals surface area contributed by atoms with E-state index in [1.807, 2.05) is 6.26 Å². The topological polar surface area (TPSA) is 49.3 Å². The van der Waals surface area contributed by atoms with E-state index in [4.69, 9.17) is 16.7 Å². The van der Waals surface area contributed by atoms with Crippen molar-refractivity contribution in [1.29, 1.82) is 0 Å². The first-order valence-corrected chi connectivity index (χ1v) is 6.62. The molecule has 0 heterocycles. The molecule has 0 atom stereocenters. The Hall–Kier alpha value is -1.15. The van der Waals surface area contributed by atoms with Crippen LogP contribution in [0.25, 0.3) is 0 Å². The summed E-state index contributed by atoms with van der Waals surface area (Å²) < 4.78 is 0. The Morgan fingerprint density at radius 2 is 2.35 bits per heavy atom. The van der Waals surface area contributed by atoms with E-state index in [-0.39, 0.29) is 12.5 Å². The largest absolute Gasteiger partial charge is 0.384 e. The van der Waals surface area contributed by atoms with Gasteiger partial charge in [-0.25, -0.2) is 0 Å². The maximum atomic E-state index is 11.5. The second-order valence-electron chi connectivity index (χ2n) is 3.13. The number of aliphatic hydroxyl groups excluding tert-OH is 1. The second kappa shape index (κ2) is 7.23. The zero-order chi connectivity index (χ0) is 12.7. The molecule has 1 aromatic carbocycles. The quantitative estimate of drug-likeness (QED) is 0.825. The summed E-state index contributed by atoms with van der Waals surface area (Å²) in [6.07, 6.45) is 1.85. The number of benzene rings is 1. The van der Waals surface area contributed by atoms with Crippen LogP contribution >= 0.6 is 23.4 Å². The molecule has 0 fully saturated rings. The smallest absolute Gasteiger partial charge is 0.234 e. The summed E-state index contributed by atoms with van der Waals surface area (Å²) in [6.45, 7) is -0.221. The number of halogens is 1. The summed E-state index contributed by atoms with van der Waals surface area (Å²) >= 11 is 7.29. The van der Waals surface area contributed by atoms with Crippen molar-refractivity contribution in [2.24, 2.45) is 0 Å². The van der Waals surface area contributed by atoms with Gasteiger partial charge < -0.3 is 10.4 Å². The standard InChI is InChI=1S/C12H12ClNO2S/c1-17-8-12(16)14-11-7-10(13)5-4-9(11)3-2-6-15/h4-5,7,15H,6,8H2,1H3,(H,14,16). The zero-order valence-corrected chi connectivity index (χ0v) is 10.9. The third-order valence-electron chi connectivity index (χ3n) is 1.83. The highest BCUT2D eigenvalue weighted by Gasteiger charge is 2.05. The van der Waals surface area contributed by atoms with Crippen molar-refractivity contribution >= 4 is 35.0 Å². The maximum absolute atomic E-state index is 11.5. The number of hydrogen-bond acceptors (Lipinski definition) is 3. The Kier molecular flexibility index (Phi) is 5.92. The van der Waals surface area contributed by atoms with Crippen LogP contribution in [0.4, 0.5) is 5.69 Å². The molecule has 0 aliphatic rings. The van der Waals surface area contributed by atoms with E-state index in [1.165, 1.54) is 11.8 Å². The minimum Gasteiger partial charge on any atom is -0.384 e. The number of carbonyl (C=O) groups excluding carboxylic acids is 1. The van der Waals surface area contributed by atoms with Gasteiger partial charge in [-0.2, -0.15) is 11.8 Å². The molecule has 0 bridgehead atoms. The minimum atomic E-state index is -0.221. The number of nitrogens with one attached hydrogen (secondary N) is 1. The summed E-state index contributed by atoms with van der Waals surface area (Å²) in [5.41, 5.74) is 1.20. The van der Waals surface area contributed by atoms with Crippen molar-refractivity contribution in [2.75, 3.05) is 23.9 Å². The van der Waals surface area contributed by atoms with E-state index in [0.29, 0.717) is 22.0 Å². The van der Waals surface area contributed by atoms with Crippen LogP contribution in [-0.2, 0) is 4.79 Å². The molecular weight excluding hydrogens is 258 g/mol. The van der Waals surface area contributed by atoms with Gasteiger partial charge in [-0.3, -0.25) is 4.79 Å². The number of carbonyl (C=O) groups is 1. The molecule has 2 N–H and O–H groups in total. The van der Waals surface area contributed by atoms with Crippen molar-refractivity contribution < 1.29 is 9.90 Å². The van der Waals surface area contributed by atoms with Crippen LogP contribution in [0.5, 0.6) is 0 Å². The summed E-state index contributed by atoms with van der Waals surface area (Å²) in [6, 6.07) is 5.04. The van der Waals surface area contributed by atoms with Crippen LogP contribution in [0.3, 0.4) is 0 Å². The minimum absolute atomic E-state index is 0.105. The molecule has 0 aromatic heterocycles. The highest BCUT2D eigenvalue weighted by molar-refractivity contribution is 7.99. The molecule has 17 heavy (non-hydrogen) atoms. The molecular formula is C12H12ClNO2S. The van der Waals surface area contributed by atoms with Crippen LogP contribution < -0.4 is 5.32 Å². The monoisotopic (exact) mass is 269 g/mol. The fraction of sp³-hybridized carbons (Fsp3) is 0.250. The van der Waals surface area contributed by atoms with Crippen molar-refractivity contribution in [2.45, 2.75) is 0 Å². The molecule has 0 unspecified atom stereocenters. The molecule has 1 rings (SSSR count). The van der Waals surface area contributed by atoms with Crippen LogP contribution in [0.1, 0.15) is 5.56 Å². The number of thioether (sulfide) groups is 1. The lowest BCUT2D eigenvalue weighted by atomic mass is 10.2. The summed E-state index contributed by atoms with van der Waals surface area (Å²) in [4.78, 5) is 11.5. The van der Waals surface area contributed by atoms with E-state index in [1.54, 1.807) is 18.2 Å². The van der Waals surface area contributed by atoms with Gasteiger partial charge >= 0.3 is 0 Å². The lowest BCUT2D eigenvalue weighted by molar-refractivity contribution is -0.113. The molecule has 0 saturated carbocycles. The molecule has 1 aromatic rings. The average Bonchev–Trinajstić information content (AvgIpc) is 2.28. The fourth-order valence-electron chi connectivity index (χ4n) is 1.18. The maximum Gasteiger partial charge on any atom is 0.234 e. The SMILES string of the molecule is CSCC(=O)Nc1cc(Cl)ccc1C#CCO. The molecule has 1 amide bonds. The Labute approximate surface area is 110 Å². The zero-order valence-electron chi connectivity index (χ0n) is 9.29. The third-order valence-corrected chi connectivity index (χ3v) is 2.62. The highest BCUT2D eigenvalue weighted by atomic mass is 35.5. The third kappa shape index (κ3) is 4.70. The molecule has 3 nitrogen and oxygen atoms in total. The first kappa shape index (κ1) is 13.9. The summed E-state index contributed by atoms with van der Waals surface area (Å²) in [5, 5.41) is 11.9. The number of aliphatic hydroxyl groups is 1. The van der Waals surface area contributed by atoms with E-state index >= 15 is 0 Å². The molecule has 5 heteroatoms. The number of hydrogen-bond donors (Lipinski definition) is 2. The Bertz CT molecular complexity index is 465. The predicted octanol–water partition coefficient (Wildman–Crippen LogP) is 1.99. The van der Waals surface area contributed by atoms with Gasteiger partial charge in [0.05, 0.1) is 11.4 Å². The molecule has 90 valence electrons. The molecule has 0 radical (unpaired) electrons. The van der Waals surface area contributed by atoms with Gasteiger partial charge in [0.25, 0.3) is 0 Å². The normalized spacial score (nSPS) is 9.35. The molecule has 0 spiro atoms. The number of amides is 1. The highest BCUT2D eigenvalue weighted by Crippen LogP contribution is 2.20. The predicted molar refractivity (Wildman–Crippen MR) is 72.4 cm³/mol. The Morgan fingerprint density at radius 1 is 1.59 bits per heavy atom. The van der Waals surface area contributed by atoms with Gasteiger partial charge in [0.1, 0.15) is 6.61 Å². The van der Waals surface area contributed by atoms with E-state index < -0.39 is 0 Å². The van der Waals surface area contributed by atoms with Gasteiger partial charge in [0.2, 0.25) is 5.91 Å². The molecule has 0 saturated heterocycles. The summed E-state index contributed by atoms with van der Waals surface area (Å²) in [5.74, 6) is 5.56.